The van der Waals surface area contributed by atoms with E-state index in [1.54, 1.807) is 12.1 Å². The fourth-order valence-corrected chi connectivity index (χ4v) is 6.02. The molecule has 0 amide bonds. The molecule has 36 heavy (non-hydrogen) atoms. The zero-order valence-corrected chi connectivity index (χ0v) is 23.9. The van der Waals surface area contributed by atoms with Crippen molar-refractivity contribution < 1.29 is 14.3 Å². The Morgan fingerprint density at radius 1 is 0.972 bits per heavy atom. The summed E-state index contributed by atoms with van der Waals surface area (Å²) in [6.07, 6.45) is 2.26. The summed E-state index contributed by atoms with van der Waals surface area (Å²) < 4.78 is 12.5. The maximum atomic E-state index is 11.7. The molecule has 0 heterocycles. The SMILES string of the molecule is COC(=O)c1ccc(C#C[Se]c2cc(OCc3ccc(Cl)cc3)c3c(c2)C(C)(C)CCC3(C)C)cc1. The minimum absolute atomic E-state index is 0.0405. The molecule has 5 heteroatoms. The normalized spacial score (nSPS) is 15.3. The average Bonchev–Trinajstić information content (AvgIpc) is 2.86. The first kappa shape index (κ1) is 26.4. The third-order valence-electron chi connectivity index (χ3n) is 6.83. The number of carbonyl (C=O) groups excluding carboxylic acids is 1. The van der Waals surface area contributed by atoms with Crippen LogP contribution in [0.25, 0.3) is 0 Å². The molecule has 3 aromatic rings. The van der Waals surface area contributed by atoms with Crippen LogP contribution in [0.4, 0.5) is 0 Å². The van der Waals surface area contributed by atoms with Crippen LogP contribution in [-0.4, -0.2) is 28.0 Å². The van der Waals surface area contributed by atoms with E-state index >= 15 is 0 Å². The second-order valence-electron chi connectivity index (χ2n) is 10.4. The summed E-state index contributed by atoms with van der Waals surface area (Å²) in [5.74, 6) is 3.87. The molecule has 3 nitrogen and oxygen atoms in total. The molecule has 0 saturated heterocycles. The summed E-state index contributed by atoms with van der Waals surface area (Å²) in [6, 6.07) is 19.6. The predicted molar refractivity (Wildman–Crippen MR) is 148 cm³/mol. The third-order valence-corrected chi connectivity index (χ3v) is 8.50. The van der Waals surface area contributed by atoms with Crippen LogP contribution in [-0.2, 0) is 22.2 Å². The molecule has 1 aliphatic carbocycles. The van der Waals surface area contributed by atoms with E-state index in [1.807, 2.05) is 36.4 Å². The number of ether oxygens (including phenoxy) is 2. The van der Waals surface area contributed by atoms with Crippen molar-refractivity contribution in [3.8, 4) is 16.5 Å². The standard InChI is InChI=1S/C31H31ClO3Se/c1-30(2)15-16-31(3,4)28-26(30)18-25(19-27(28)35-20-22-8-12-24(32)13-9-22)36-17-14-21-6-10-23(11-7-21)29(33)34-5/h6-13,18-19H,15-16,20H2,1-5H3. The van der Waals surface area contributed by atoms with Crippen molar-refractivity contribution in [2.45, 2.75) is 58.0 Å². The van der Waals surface area contributed by atoms with E-state index in [2.05, 4.69) is 50.6 Å². The van der Waals surface area contributed by atoms with Gasteiger partial charge in [0.15, 0.2) is 0 Å². The van der Waals surface area contributed by atoms with Gasteiger partial charge in [0.1, 0.15) is 0 Å². The van der Waals surface area contributed by atoms with Crippen LogP contribution in [0.1, 0.15) is 73.1 Å². The van der Waals surface area contributed by atoms with Crippen LogP contribution in [0.15, 0.2) is 60.7 Å². The van der Waals surface area contributed by atoms with Crippen LogP contribution >= 0.6 is 11.6 Å². The Morgan fingerprint density at radius 3 is 2.31 bits per heavy atom. The first-order chi connectivity index (χ1) is 17.1. The Labute approximate surface area is 225 Å². The molecule has 0 aliphatic heterocycles. The van der Waals surface area contributed by atoms with E-state index < -0.39 is 0 Å². The minimum atomic E-state index is -0.343. The van der Waals surface area contributed by atoms with Gasteiger partial charge in [-0.1, -0.05) is 0 Å². The van der Waals surface area contributed by atoms with Gasteiger partial charge in [0.2, 0.25) is 0 Å². The van der Waals surface area contributed by atoms with Gasteiger partial charge in [-0.3, -0.25) is 0 Å². The topological polar surface area (TPSA) is 35.5 Å². The summed E-state index contributed by atoms with van der Waals surface area (Å²) in [4.78, 5) is 15.0. The predicted octanol–water partition coefficient (Wildman–Crippen LogP) is 6.39. The van der Waals surface area contributed by atoms with Gasteiger partial charge < -0.3 is 0 Å². The van der Waals surface area contributed by atoms with Crippen LogP contribution in [0.2, 0.25) is 5.02 Å². The Kier molecular flexibility index (Phi) is 7.86. The van der Waals surface area contributed by atoms with E-state index in [4.69, 9.17) is 21.1 Å². The van der Waals surface area contributed by atoms with Gasteiger partial charge in [-0.15, -0.1) is 0 Å². The summed E-state index contributed by atoms with van der Waals surface area (Å²) >= 11 is 6.01. The Hall–Kier alpha value is -2.70. The third kappa shape index (κ3) is 5.98. The Bertz CT molecular complexity index is 1310. The fourth-order valence-electron chi connectivity index (χ4n) is 4.57. The van der Waals surface area contributed by atoms with Gasteiger partial charge in [-0.2, -0.15) is 0 Å². The monoisotopic (exact) mass is 566 g/mol. The number of fused-ring (bicyclic) bond motifs is 1. The average molecular weight is 566 g/mol. The molecule has 0 fully saturated rings. The van der Waals surface area contributed by atoms with Gasteiger partial charge in [0, 0.05) is 0 Å². The summed E-state index contributed by atoms with van der Waals surface area (Å²) in [7, 11) is 1.38. The van der Waals surface area contributed by atoms with Crippen molar-refractivity contribution in [2.75, 3.05) is 7.11 Å². The summed E-state index contributed by atoms with van der Waals surface area (Å²) in [5.41, 5.74) is 5.29. The second-order valence-corrected chi connectivity index (χ2v) is 12.7. The summed E-state index contributed by atoms with van der Waals surface area (Å²) in [6.45, 7) is 9.79. The van der Waals surface area contributed by atoms with Crippen molar-refractivity contribution in [3.05, 3.63) is 93.5 Å². The van der Waals surface area contributed by atoms with Crippen LogP contribution in [0.3, 0.4) is 0 Å². The van der Waals surface area contributed by atoms with Gasteiger partial charge in [-0.25, -0.2) is 0 Å². The van der Waals surface area contributed by atoms with Crippen molar-refractivity contribution in [2.24, 2.45) is 0 Å². The molecule has 0 saturated carbocycles. The number of hydrogen-bond acceptors (Lipinski definition) is 3. The van der Waals surface area contributed by atoms with Crippen molar-refractivity contribution in [1.29, 1.82) is 0 Å². The number of methoxy groups -OCH3 is 1. The molecule has 0 bridgehead atoms. The molecule has 0 spiro atoms. The number of benzene rings is 3. The zero-order chi connectivity index (χ0) is 25.9. The van der Waals surface area contributed by atoms with Gasteiger partial charge >= 0.3 is 226 Å². The molecular formula is C31H31ClO3Se. The first-order valence-corrected chi connectivity index (χ1v) is 14.1. The number of hydrogen-bond donors (Lipinski definition) is 0. The van der Waals surface area contributed by atoms with E-state index in [1.165, 1.54) is 22.7 Å². The molecular weight excluding hydrogens is 535 g/mol. The molecule has 3 aromatic carbocycles. The molecule has 0 radical (unpaired) electrons. The van der Waals surface area contributed by atoms with Crippen molar-refractivity contribution >= 4 is 37.0 Å². The van der Waals surface area contributed by atoms with E-state index in [0.29, 0.717) is 12.2 Å². The molecule has 0 N–H and O–H groups in total. The number of esters is 1. The number of rotatable bonds is 5. The number of carbonyl (C=O) groups is 1. The molecule has 0 atom stereocenters. The van der Waals surface area contributed by atoms with Crippen molar-refractivity contribution in [1.82, 2.24) is 0 Å². The summed E-state index contributed by atoms with van der Waals surface area (Å²) in [5, 5.41) is 0.724. The molecule has 1 aliphatic rings. The molecule has 4 rings (SSSR count). The van der Waals surface area contributed by atoms with Gasteiger partial charge in [0.25, 0.3) is 0 Å². The maximum absolute atomic E-state index is 11.7. The van der Waals surface area contributed by atoms with Crippen LogP contribution in [0, 0.1) is 10.7 Å². The van der Waals surface area contributed by atoms with Crippen molar-refractivity contribution in [3.63, 3.8) is 0 Å². The molecule has 0 unspecified atom stereocenters. The zero-order valence-electron chi connectivity index (χ0n) is 21.4. The first-order valence-electron chi connectivity index (χ1n) is 12.0. The Balaban J connectivity index is 1.64. The van der Waals surface area contributed by atoms with Crippen LogP contribution < -0.4 is 9.20 Å². The molecule has 0 aromatic heterocycles. The van der Waals surface area contributed by atoms with Gasteiger partial charge in [0.05, 0.1) is 0 Å². The van der Waals surface area contributed by atoms with E-state index in [-0.39, 0.29) is 31.8 Å². The number of halogens is 1. The fraction of sp³-hybridized carbons (Fsp3) is 0.323. The molecule has 186 valence electrons. The quantitative estimate of drug-likeness (QED) is 0.204. The van der Waals surface area contributed by atoms with Crippen LogP contribution in [0.5, 0.6) is 5.75 Å². The van der Waals surface area contributed by atoms with E-state index in [0.717, 1.165) is 34.7 Å². The van der Waals surface area contributed by atoms with E-state index in [9.17, 15) is 4.79 Å². The second kappa shape index (κ2) is 10.7. The Morgan fingerprint density at radius 2 is 1.64 bits per heavy atom. The van der Waals surface area contributed by atoms with Gasteiger partial charge in [-0.05, 0) is 0 Å².